The van der Waals surface area contributed by atoms with E-state index >= 15 is 0 Å². The van der Waals surface area contributed by atoms with Crippen molar-refractivity contribution in [2.75, 3.05) is 0 Å². The number of esters is 2. The lowest BCUT2D eigenvalue weighted by Crippen LogP contribution is -2.69. The molecule has 7 nitrogen and oxygen atoms in total. The van der Waals surface area contributed by atoms with E-state index in [1.807, 2.05) is 13.8 Å². The lowest BCUT2D eigenvalue weighted by Gasteiger charge is -2.42. The van der Waals surface area contributed by atoms with Gasteiger partial charge in [-0.25, -0.2) is 4.79 Å². The molecule has 8 heteroatoms. The topological polar surface area (TPSA) is 98.9 Å². The second-order valence-corrected chi connectivity index (χ2v) is 7.45. The Balaban J connectivity index is 1.73. The van der Waals surface area contributed by atoms with Gasteiger partial charge in [0.05, 0.1) is 6.42 Å². The summed E-state index contributed by atoms with van der Waals surface area (Å²) in [6.45, 7) is 3.76. The van der Waals surface area contributed by atoms with Crippen molar-refractivity contribution in [3.8, 4) is 0 Å². The van der Waals surface area contributed by atoms with Crippen LogP contribution in [0.15, 0.2) is 0 Å². The molecular weight excluding hydrogens is 284 g/mol. The summed E-state index contributed by atoms with van der Waals surface area (Å²) < 4.78 is 9.60. The van der Waals surface area contributed by atoms with Crippen molar-refractivity contribution in [2.24, 2.45) is 5.73 Å². The molecule has 0 spiro atoms. The highest BCUT2D eigenvalue weighted by molar-refractivity contribution is 8.01. The number of ether oxygens (including phenoxy) is 2. The molecule has 3 aliphatic heterocycles. The summed E-state index contributed by atoms with van der Waals surface area (Å²) in [5.41, 5.74) is 5.74. The van der Waals surface area contributed by atoms with Crippen LogP contribution < -0.4 is 5.73 Å². The molecule has 3 aliphatic rings. The fraction of sp³-hybridized carbons (Fsp3) is 0.750. The van der Waals surface area contributed by atoms with Gasteiger partial charge in [0.2, 0.25) is 12.2 Å². The molecule has 2 N–H and O–H groups in total. The first kappa shape index (κ1) is 13.7. The number of thioether (sulfide) groups is 1. The molecule has 0 aliphatic carbocycles. The molecule has 0 saturated carbocycles. The van der Waals surface area contributed by atoms with E-state index in [0.717, 1.165) is 0 Å². The standard InChI is InChI=1S/C12H16N2O5S/c1-12(2)8(14-9(16)7(13)10(14)20-12)11(17)19-6-4-3-5(15)18-6/h6-8,10H,3-4,13H2,1-2H3/t6?,7?,8-,10+/m0/s1. The molecule has 0 aromatic rings. The summed E-state index contributed by atoms with van der Waals surface area (Å²) in [6.07, 6.45) is -0.224. The van der Waals surface area contributed by atoms with Gasteiger partial charge in [0.15, 0.2) is 0 Å². The Bertz CT molecular complexity index is 494. The number of carbonyl (C=O) groups is 3. The average Bonchev–Trinajstić information content (AvgIpc) is 2.88. The van der Waals surface area contributed by atoms with Crippen molar-refractivity contribution >= 4 is 29.6 Å². The minimum absolute atomic E-state index is 0.179. The number of nitrogens with two attached hydrogens (primary N) is 1. The zero-order valence-corrected chi connectivity index (χ0v) is 12.0. The summed E-state index contributed by atoms with van der Waals surface area (Å²) in [7, 11) is 0. The van der Waals surface area contributed by atoms with Crippen molar-refractivity contribution in [2.45, 2.75) is 55.2 Å². The summed E-state index contributed by atoms with van der Waals surface area (Å²) in [5, 5.41) is -0.179. The summed E-state index contributed by atoms with van der Waals surface area (Å²) in [6, 6.07) is -1.24. The van der Waals surface area contributed by atoms with Crippen LogP contribution in [0.1, 0.15) is 26.7 Å². The van der Waals surface area contributed by atoms with Crippen molar-refractivity contribution in [1.82, 2.24) is 4.90 Å². The van der Waals surface area contributed by atoms with E-state index in [4.69, 9.17) is 15.2 Å². The van der Waals surface area contributed by atoms with Crippen LogP contribution in [0.2, 0.25) is 0 Å². The van der Waals surface area contributed by atoms with Crippen LogP contribution in [0.4, 0.5) is 0 Å². The number of hydrogen-bond donors (Lipinski definition) is 1. The third kappa shape index (κ3) is 1.89. The van der Waals surface area contributed by atoms with E-state index in [0.29, 0.717) is 6.42 Å². The third-order valence-electron chi connectivity index (χ3n) is 3.80. The molecule has 2 unspecified atom stereocenters. The fourth-order valence-corrected chi connectivity index (χ4v) is 4.36. The molecular formula is C12H16N2O5S. The van der Waals surface area contributed by atoms with E-state index in [9.17, 15) is 14.4 Å². The predicted molar refractivity (Wildman–Crippen MR) is 69.3 cm³/mol. The molecule has 4 atom stereocenters. The number of β-lactam (4-membered cyclic amide) rings is 1. The molecule has 3 heterocycles. The van der Waals surface area contributed by atoms with Crippen LogP contribution in [0.3, 0.4) is 0 Å². The Hall–Kier alpha value is -1.28. The smallest absolute Gasteiger partial charge is 0.333 e. The first-order valence-corrected chi connectivity index (χ1v) is 7.35. The number of nitrogens with zero attached hydrogens (tertiary/aromatic N) is 1. The maximum atomic E-state index is 12.3. The van der Waals surface area contributed by atoms with Crippen molar-refractivity contribution < 1.29 is 23.9 Å². The second kappa shape index (κ2) is 4.36. The van der Waals surface area contributed by atoms with E-state index < -0.39 is 29.1 Å². The van der Waals surface area contributed by atoms with Crippen LogP contribution in [0.5, 0.6) is 0 Å². The van der Waals surface area contributed by atoms with Crippen LogP contribution >= 0.6 is 11.8 Å². The number of hydrogen-bond acceptors (Lipinski definition) is 7. The molecule has 20 heavy (non-hydrogen) atoms. The molecule has 3 saturated heterocycles. The lowest BCUT2D eigenvalue weighted by molar-refractivity contribution is -0.185. The Morgan fingerprint density at radius 1 is 1.50 bits per heavy atom. The zero-order chi connectivity index (χ0) is 14.7. The first-order chi connectivity index (χ1) is 9.31. The highest BCUT2D eigenvalue weighted by atomic mass is 32.2. The van der Waals surface area contributed by atoms with Gasteiger partial charge in [0.25, 0.3) is 0 Å². The van der Waals surface area contributed by atoms with Crippen LogP contribution in [-0.4, -0.2) is 51.2 Å². The zero-order valence-electron chi connectivity index (χ0n) is 11.2. The molecule has 110 valence electrons. The van der Waals surface area contributed by atoms with Crippen LogP contribution in [0, 0.1) is 0 Å². The third-order valence-corrected chi connectivity index (χ3v) is 5.39. The fourth-order valence-electron chi connectivity index (χ4n) is 2.80. The van der Waals surface area contributed by atoms with Gasteiger partial charge >= 0.3 is 11.9 Å². The number of amides is 1. The Labute approximate surface area is 120 Å². The first-order valence-electron chi connectivity index (χ1n) is 6.47. The minimum atomic E-state index is -0.833. The van der Waals surface area contributed by atoms with Crippen LogP contribution in [-0.2, 0) is 23.9 Å². The Morgan fingerprint density at radius 3 is 2.80 bits per heavy atom. The largest absolute Gasteiger partial charge is 0.425 e. The van der Waals surface area contributed by atoms with E-state index in [2.05, 4.69) is 0 Å². The lowest BCUT2D eigenvalue weighted by atomic mass is 9.96. The molecule has 0 bridgehead atoms. The van der Waals surface area contributed by atoms with E-state index in [1.165, 1.54) is 16.7 Å². The maximum Gasteiger partial charge on any atom is 0.333 e. The highest BCUT2D eigenvalue weighted by Crippen LogP contribution is 2.50. The molecule has 0 aromatic carbocycles. The molecule has 3 rings (SSSR count). The molecule has 1 amide bonds. The van der Waals surface area contributed by atoms with Gasteiger partial charge in [0.1, 0.15) is 17.5 Å². The van der Waals surface area contributed by atoms with Gasteiger partial charge in [-0.1, -0.05) is 0 Å². The highest BCUT2D eigenvalue weighted by Gasteiger charge is 2.63. The summed E-state index contributed by atoms with van der Waals surface area (Å²) in [4.78, 5) is 36.6. The average molecular weight is 300 g/mol. The van der Waals surface area contributed by atoms with Gasteiger partial charge in [-0.15, -0.1) is 11.8 Å². The summed E-state index contributed by atoms with van der Waals surface area (Å²) in [5.74, 6) is -1.15. The van der Waals surface area contributed by atoms with Gasteiger partial charge in [-0.3, -0.25) is 9.59 Å². The SMILES string of the molecule is CC1(C)S[C@@H]2C(N)C(=O)N2[C@H]1C(=O)OC1CCC(=O)O1. The molecule has 0 aromatic heterocycles. The van der Waals surface area contributed by atoms with Crippen LogP contribution in [0.25, 0.3) is 0 Å². The molecule has 0 radical (unpaired) electrons. The monoisotopic (exact) mass is 300 g/mol. The minimum Gasteiger partial charge on any atom is -0.425 e. The summed E-state index contributed by atoms with van der Waals surface area (Å²) >= 11 is 1.50. The van der Waals surface area contributed by atoms with E-state index in [-0.39, 0.29) is 23.7 Å². The number of rotatable bonds is 2. The number of cyclic esters (lactones) is 1. The van der Waals surface area contributed by atoms with Crippen molar-refractivity contribution in [3.63, 3.8) is 0 Å². The van der Waals surface area contributed by atoms with Gasteiger partial charge in [0, 0.05) is 11.2 Å². The van der Waals surface area contributed by atoms with Gasteiger partial charge in [-0.05, 0) is 13.8 Å². The number of fused-ring (bicyclic) bond motifs is 1. The predicted octanol–water partition coefficient (Wildman–Crippen LogP) is -0.418. The van der Waals surface area contributed by atoms with E-state index in [1.54, 1.807) is 0 Å². The number of carbonyl (C=O) groups excluding carboxylic acids is 3. The maximum absolute atomic E-state index is 12.3. The normalized spacial score (nSPS) is 38.2. The van der Waals surface area contributed by atoms with Gasteiger partial charge < -0.3 is 20.1 Å². The quantitative estimate of drug-likeness (QED) is 0.546. The van der Waals surface area contributed by atoms with Crippen molar-refractivity contribution in [3.05, 3.63) is 0 Å². The Kier molecular flexibility index (Phi) is 2.98. The second-order valence-electron chi connectivity index (χ2n) is 5.68. The van der Waals surface area contributed by atoms with Gasteiger partial charge in [-0.2, -0.15) is 0 Å². The Morgan fingerprint density at radius 2 is 2.20 bits per heavy atom. The van der Waals surface area contributed by atoms with Crippen molar-refractivity contribution in [1.29, 1.82) is 0 Å². The molecule has 3 fully saturated rings.